The third-order valence-electron chi connectivity index (χ3n) is 2.75. The molecule has 9 heteroatoms. The standard InChI is InChI=1S/C13H13F3N4OS/c1-2-20-8-17-19-12(20)22-7-11(21)18-10-5-3-9(4-6-10)13(14,15)16/h3-6,8H,2,7H2,1H3,(H,18,21). The van der Waals surface area contributed by atoms with Crippen molar-refractivity contribution in [1.29, 1.82) is 0 Å². The molecule has 0 spiro atoms. The van der Waals surface area contributed by atoms with Crippen LogP contribution in [-0.2, 0) is 17.5 Å². The van der Waals surface area contributed by atoms with Crippen LogP contribution in [-0.4, -0.2) is 26.4 Å². The maximum absolute atomic E-state index is 12.4. The van der Waals surface area contributed by atoms with Gasteiger partial charge in [-0.05, 0) is 31.2 Å². The summed E-state index contributed by atoms with van der Waals surface area (Å²) in [6.45, 7) is 2.62. The number of rotatable bonds is 5. The van der Waals surface area contributed by atoms with E-state index in [1.54, 1.807) is 10.9 Å². The molecule has 1 N–H and O–H groups in total. The van der Waals surface area contributed by atoms with E-state index < -0.39 is 11.7 Å². The molecule has 0 aliphatic carbocycles. The second-order valence-electron chi connectivity index (χ2n) is 4.31. The molecule has 0 saturated heterocycles. The highest BCUT2D eigenvalue weighted by molar-refractivity contribution is 7.99. The molecule has 0 bridgehead atoms. The number of carbonyl (C=O) groups is 1. The van der Waals surface area contributed by atoms with Gasteiger partial charge in [0.2, 0.25) is 5.91 Å². The summed E-state index contributed by atoms with van der Waals surface area (Å²) in [7, 11) is 0. The number of thioether (sulfide) groups is 1. The van der Waals surface area contributed by atoms with Gasteiger partial charge in [0.1, 0.15) is 6.33 Å². The number of aryl methyl sites for hydroxylation is 1. The third-order valence-corrected chi connectivity index (χ3v) is 3.73. The quantitative estimate of drug-likeness (QED) is 0.856. The lowest BCUT2D eigenvalue weighted by Crippen LogP contribution is -2.15. The van der Waals surface area contributed by atoms with E-state index in [2.05, 4.69) is 15.5 Å². The molecule has 0 unspecified atom stereocenters. The Labute approximate surface area is 128 Å². The van der Waals surface area contributed by atoms with E-state index in [0.717, 1.165) is 12.1 Å². The van der Waals surface area contributed by atoms with Gasteiger partial charge in [-0.25, -0.2) is 0 Å². The molecule has 1 heterocycles. The fraction of sp³-hybridized carbons (Fsp3) is 0.308. The molecular formula is C13H13F3N4OS. The fourth-order valence-electron chi connectivity index (χ4n) is 1.64. The summed E-state index contributed by atoms with van der Waals surface area (Å²) in [6.07, 6.45) is -2.82. The molecule has 0 radical (unpaired) electrons. The van der Waals surface area contributed by atoms with Gasteiger partial charge >= 0.3 is 6.18 Å². The molecule has 0 atom stereocenters. The van der Waals surface area contributed by atoms with Crippen LogP contribution in [0.25, 0.3) is 0 Å². The SMILES string of the molecule is CCn1cnnc1SCC(=O)Nc1ccc(C(F)(F)F)cc1. The number of anilines is 1. The molecule has 2 aromatic rings. The van der Waals surface area contributed by atoms with Crippen molar-refractivity contribution in [3.8, 4) is 0 Å². The van der Waals surface area contributed by atoms with Crippen LogP contribution >= 0.6 is 11.8 Å². The summed E-state index contributed by atoms with van der Waals surface area (Å²) in [5.41, 5.74) is -0.438. The van der Waals surface area contributed by atoms with Gasteiger partial charge in [-0.3, -0.25) is 4.79 Å². The minimum Gasteiger partial charge on any atom is -0.325 e. The molecule has 1 aromatic carbocycles. The molecule has 1 amide bonds. The Balaban J connectivity index is 1.89. The predicted octanol–water partition coefficient (Wildman–Crippen LogP) is 3.05. The Hall–Kier alpha value is -2.03. The lowest BCUT2D eigenvalue weighted by molar-refractivity contribution is -0.137. The van der Waals surface area contributed by atoms with E-state index in [9.17, 15) is 18.0 Å². The lowest BCUT2D eigenvalue weighted by Gasteiger charge is -2.08. The summed E-state index contributed by atoms with van der Waals surface area (Å²) in [6, 6.07) is 4.30. The van der Waals surface area contributed by atoms with E-state index >= 15 is 0 Å². The Bertz CT molecular complexity index is 639. The van der Waals surface area contributed by atoms with Crippen LogP contribution < -0.4 is 5.32 Å². The van der Waals surface area contributed by atoms with Crippen LogP contribution in [0.2, 0.25) is 0 Å². The average Bonchev–Trinajstić information content (AvgIpc) is 2.92. The first-order valence-corrected chi connectivity index (χ1v) is 7.36. The highest BCUT2D eigenvalue weighted by Crippen LogP contribution is 2.29. The Kier molecular flexibility index (Phi) is 5.07. The van der Waals surface area contributed by atoms with Crippen LogP contribution in [0.3, 0.4) is 0 Å². The van der Waals surface area contributed by atoms with E-state index in [4.69, 9.17) is 0 Å². The number of aromatic nitrogens is 3. The lowest BCUT2D eigenvalue weighted by atomic mass is 10.2. The molecule has 5 nitrogen and oxygen atoms in total. The maximum atomic E-state index is 12.4. The summed E-state index contributed by atoms with van der Waals surface area (Å²) in [4.78, 5) is 11.8. The average molecular weight is 330 g/mol. The number of nitrogens with one attached hydrogen (secondary N) is 1. The van der Waals surface area contributed by atoms with Gasteiger partial charge in [0.15, 0.2) is 5.16 Å². The number of hydrogen-bond donors (Lipinski definition) is 1. The molecular weight excluding hydrogens is 317 g/mol. The van der Waals surface area contributed by atoms with E-state index in [0.29, 0.717) is 17.4 Å². The molecule has 118 valence electrons. The minimum absolute atomic E-state index is 0.0969. The van der Waals surface area contributed by atoms with Crippen molar-refractivity contribution in [2.45, 2.75) is 24.8 Å². The summed E-state index contributed by atoms with van der Waals surface area (Å²) in [5, 5.41) is 10.8. The van der Waals surface area contributed by atoms with Crippen molar-refractivity contribution in [1.82, 2.24) is 14.8 Å². The van der Waals surface area contributed by atoms with Crippen LogP contribution in [0.4, 0.5) is 18.9 Å². The number of alkyl halides is 3. The van der Waals surface area contributed by atoms with E-state index in [1.807, 2.05) is 6.92 Å². The van der Waals surface area contributed by atoms with E-state index in [1.165, 1.54) is 23.9 Å². The Morgan fingerprint density at radius 3 is 2.59 bits per heavy atom. The Morgan fingerprint density at radius 2 is 2.00 bits per heavy atom. The monoisotopic (exact) mass is 330 g/mol. The first kappa shape index (κ1) is 16.3. The smallest absolute Gasteiger partial charge is 0.325 e. The van der Waals surface area contributed by atoms with Crippen LogP contribution in [0.15, 0.2) is 35.7 Å². The van der Waals surface area contributed by atoms with Gasteiger partial charge in [-0.1, -0.05) is 11.8 Å². The molecule has 0 aliphatic rings. The van der Waals surface area contributed by atoms with Crippen molar-refractivity contribution in [2.75, 3.05) is 11.1 Å². The first-order chi connectivity index (χ1) is 10.4. The van der Waals surface area contributed by atoms with Crippen molar-refractivity contribution in [2.24, 2.45) is 0 Å². The Morgan fingerprint density at radius 1 is 1.32 bits per heavy atom. The molecule has 0 saturated carbocycles. The maximum Gasteiger partial charge on any atom is 0.416 e. The second-order valence-corrected chi connectivity index (χ2v) is 5.25. The fourth-order valence-corrected chi connectivity index (χ4v) is 2.42. The largest absolute Gasteiger partial charge is 0.416 e. The number of benzene rings is 1. The van der Waals surface area contributed by atoms with Crippen LogP contribution in [0, 0.1) is 0 Å². The zero-order valence-electron chi connectivity index (χ0n) is 11.6. The number of halogens is 3. The topological polar surface area (TPSA) is 59.8 Å². The number of amides is 1. The minimum atomic E-state index is -4.39. The molecule has 0 fully saturated rings. The van der Waals surface area contributed by atoms with Gasteiger partial charge < -0.3 is 9.88 Å². The van der Waals surface area contributed by atoms with Gasteiger partial charge in [0.05, 0.1) is 11.3 Å². The second kappa shape index (κ2) is 6.82. The molecule has 1 aromatic heterocycles. The summed E-state index contributed by atoms with van der Waals surface area (Å²) in [5.74, 6) is -0.227. The number of carbonyl (C=O) groups excluding carboxylic acids is 1. The van der Waals surface area contributed by atoms with Gasteiger partial charge in [-0.15, -0.1) is 10.2 Å². The van der Waals surface area contributed by atoms with Crippen LogP contribution in [0.1, 0.15) is 12.5 Å². The summed E-state index contributed by atoms with van der Waals surface area (Å²) >= 11 is 1.21. The number of hydrogen-bond acceptors (Lipinski definition) is 4. The predicted molar refractivity (Wildman–Crippen MR) is 76.5 cm³/mol. The van der Waals surface area contributed by atoms with Crippen molar-refractivity contribution in [3.05, 3.63) is 36.2 Å². The zero-order valence-corrected chi connectivity index (χ0v) is 12.4. The highest BCUT2D eigenvalue weighted by atomic mass is 32.2. The third kappa shape index (κ3) is 4.23. The van der Waals surface area contributed by atoms with Crippen molar-refractivity contribution in [3.63, 3.8) is 0 Å². The van der Waals surface area contributed by atoms with E-state index in [-0.39, 0.29) is 11.7 Å². The summed E-state index contributed by atoms with van der Waals surface area (Å²) < 4.78 is 39.1. The van der Waals surface area contributed by atoms with Gasteiger partial charge in [0, 0.05) is 12.2 Å². The highest BCUT2D eigenvalue weighted by Gasteiger charge is 2.29. The normalized spacial score (nSPS) is 11.5. The number of nitrogens with zero attached hydrogens (tertiary/aromatic N) is 3. The van der Waals surface area contributed by atoms with Crippen molar-refractivity contribution < 1.29 is 18.0 Å². The van der Waals surface area contributed by atoms with Gasteiger partial charge in [-0.2, -0.15) is 13.2 Å². The molecule has 0 aliphatic heterocycles. The molecule has 2 rings (SSSR count). The van der Waals surface area contributed by atoms with Crippen molar-refractivity contribution >= 4 is 23.4 Å². The molecule has 22 heavy (non-hydrogen) atoms. The zero-order chi connectivity index (χ0) is 16.2. The first-order valence-electron chi connectivity index (χ1n) is 6.38. The van der Waals surface area contributed by atoms with Gasteiger partial charge in [0.25, 0.3) is 0 Å². The van der Waals surface area contributed by atoms with Crippen LogP contribution in [0.5, 0.6) is 0 Å².